The molecule has 0 aliphatic carbocycles. The predicted octanol–water partition coefficient (Wildman–Crippen LogP) is 0.483. The molecule has 12 heteroatoms. The molecule has 0 spiro atoms. The molecule has 1 aromatic carbocycles. The molecule has 0 bridgehead atoms. The van der Waals surface area contributed by atoms with E-state index in [1.807, 2.05) is 0 Å². The average Bonchev–Trinajstić information content (AvgIpc) is 2.74. The first kappa shape index (κ1) is 27.9. The van der Waals surface area contributed by atoms with E-state index >= 15 is 0 Å². The van der Waals surface area contributed by atoms with E-state index in [1.54, 1.807) is 18.7 Å². The van der Waals surface area contributed by atoms with E-state index in [9.17, 15) is 44.9 Å². The Morgan fingerprint density at radius 3 is 1.94 bits per heavy atom. The van der Waals surface area contributed by atoms with Gasteiger partial charge in [0.25, 0.3) is 5.69 Å². The van der Waals surface area contributed by atoms with Crippen LogP contribution in [0.15, 0.2) is 18.2 Å². The molecule has 0 fully saturated rings. The van der Waals surface area contributed by atoms with E-state index in [0.717, 1.165) is 13.0 Å². The molecule has 0 unspecified atom stereocenters. The van der Waals surface area contributed by atoms with Gasteiger partial charge in [-0.3, -0.25) is 19.8 Å². The Labute approximate surface area is 191 Å². The van der Waals surface area contributed by atoms with Crippen molar-refractivity contribution in [3.63, 3.8) is 0 Å². The molecule has 1 aromatic rings. The van der Waals surface area contributed by atoms with E-state index in [2.05, 4.69) is 5.32 Å². The maximum atomic E-state index is 12.5. The van der Waals surface area contributed by atoms with Crippen LogP contribution in [-0.2, 0) is 26.3 Å². The van der Waals surface area contributed by atoms with Gasteiger partial charge in [0, 0.05) is 44.1 Å². The summed E-state index contributed by atoms with van der Waals surface area (Å²) in [6, 6.07) is 3.75. The van der Waals surface area contributed by atoms with Gasteiger partial charge in [0.1, 0.15) is 0 Å². The number of nitro groups is 1. The van der Waals surface area contributed by atoms with Crippen molar-refractivity contribution in [3.8, 4) is 0 Å². The molecule has 1 amide bonds. The normalized spacial score (nSPS) is 11.9. The number of carboxylic acids is 2. The molecule has 184 valence electrons. The highest BCUT2D eigenvalue weighted by Gasteiger charge is 2.63. The zero-order valence-electron chi connectivity index (χ0n) is 18.9. The lowest BCUT2D eigenvalue weighted by atomic mass is 9.60. The second-order valence-corrected chi connectivity index (χ2v) is 7.65. The fraction of sp³-hybridized carbons (Fsp3) is 0.571. The molecule has 1 rings (SSSR count). The summed E-state index contributed by atoms with van der Waals surface area (Å²) in [6.07, 6.45) is -0.174. The zero-order chi connectivity index (χ0) is 25.4. The third-order valence-electron chi connectivity index (χ3n) is 5.98. The highest BCUT2D eigenvalue weighted by molar-refractivity contribution is 6.08. The summed E-state index contributed by atoms with van der Waals surface area (Å²) in [4.78, 5) is 49.4. The van der Waals surface area contributed by atoms with Gasteiger partial charge in [-0.25, -0.2) is 9.59 Å². The van der Waals surface area contributed by atoms with Gasteiger partial charge in [-0.05, 0) is 24.0 Å². The molecular weight excluding hydrogens is 438 g/mol. The van der Waals surface area contributed by atoms with Gasteiger partial charge in [0.05, 0.1) is 18.1 Å². The van der Waals surface area contributed by atoms with Crippen LogP contribution in [-0.4, -0.2) is 79.9 Å². The van der Waals surface area contributed by atoms with Crippen LogP contribution in [0.1, 0.15) is 44.7 Å². The Bertz CT molecular complexity index is 864. The summed E-state index contributed by atoms with van der Waals surface area (Å²) in [6.45, 7) is 3.96. The highest BCUT2D eigenvalue weighted by atomic mass is 16.6. The number of nitrogens with one attached hydrogen (secondary N) is 1. The molecule has 12 nitrogen and oxygen atoms in total. The number of aliphatic hydroxyl groups excluding tert-OH is 2. The lowest BCUT2D eigenvalue weighted by molar-refractivity contribution is -0.385. The summed E-state index contributed by atoms with van der Waals surface area (Å²) in [5.41, 5.74) is -4.50. The summed E-state index contributed by atoms with van der Waals surface area (Å²) in [5, 5.41) is 52.5. The van der Waals surface area contributed by atoms with Gasteiger partial charge in [-0.15, -0.1) is 0 Å². The van der Waals surface area contributed by atoms with Crippen molar-refractivity contribution in [2.24, 2.45) is 0 Å². The molecule has 0 atom stereocenters. The lowest BCUT2D eigenvalue weighted by Gasteiger charge is -2.46. The monoisotopic (exact) mass is 469 g/mol. The number of non-ortho nitro benzene ring substituents is 1. The van der Waals surface area contributed by atoms with Gasteiger partial charge >= 0.3 is 11.9 Å². The molecule has 0 aliphatic heterocycles. The minimum absolute atomic E-state index is 0.0472. The number of hydrogen-bond donors (Lipinski definition) is 5. The van der Waals surface area contributed by atoms with Gasteiger partial charge in [-0.2, -0.15) is 0 Å². The average molecular weight is 469 g/mol. The van der Waals surface area contributed by atoms with E-state index in [4.69, 9.17) is 0 Å². The topological polar surface area (TPSA) is 191 Å². The number of rotatable bonds is 14. The van der Waals surface area contributed by atoms with Crippen LogP contribution in [0, 0.1) is 10.1 Å². The molecule has 0 heterocycles. The third kappa shape index (κ3) is 5.46. The lowest BCUT2D eigenvalue weighted by Crippen LogP contribution is -2.71. The van der Waals surface area contributed by atoms with Crippen molar-refractivity contribution >= 4 is 23.5 Å². The number of carboxylic acid groups (broad SMARTS) is 2. The maximum Gasteiger partial charge on any atom is 0.342 e. The Morgan fingerprint density at radius 2 is 1.58 bits per heavy atom. The molecule has 5 N–H and O–H groups in total. The van der Waals surface area contributed by atoms with E-state index in [1.165, 1.54) is 12.1 Å². The second-order valence-electron chi connectivity index (χ2n) is 7.65. The number of amides is 1. The number of aliphatic carboxylic acids is 2. The maximum absolute atomic E-state index is 12.5. The Morgan fingerprint density at radius 1 is 1.06 bits per heavy atom. The quantitative estimate of drug-likeness (QED) is 0.145. The molecule has 0 saturated heterocycles. The van der Waals surface area contributed by atoms with Gasteiger partial charge in [0.15, 0.2) is 0 Å². The highest BCUT2D eigenvalue weighted by Crippen LogP contribution is 2.45. The molecule has 0 aliphatic rings. The van der Waals surface area contributed by atoms with Crippen LogP contribution in [0.5, 0.6) is 0 Å². The van der Waals surface area contributed by atoms with Crippen molar-refractivity contribution < 1.29 is 39.7 Å². The minimum Gasteiger partial charge on any atom is -0.479 e. The number of nitrogens with zero attached hydrogens (tertiary/aromatic N) is 2. The summed E-state index contributed by atoms with van der Waals surface area (Å²) in [7, 11) is 0. The van der Waals surface area contributed by atoms with Gasteiger partial charge < -0.3 is 25.7 Å². The minimum atomic E-state index is -2.81. The van der Waals surface area contributed by atoms with Crippen molar-refractivity contribution in [3.05, 3.63) is 39.4 Å². The first-order valence-corrected chi connectivity index (χ1v) is 10.4. The molecule has 0 radical (unpaired) electrons. The summed E-state index contributed by atoms with van der Waals surface area (Å²) < 4.78 is 0. The largest absolute Gasteiger partial charge is 0.479 e. The SMILES string of the molecule is CCC(CC)(c1cc([N+](=O)[O-])ccc1CN(CCO)CCO)C(NC(C)=O)(C(=O)O)C(=O)O. The van der Waals surface area contributed by atoms with Crippen molar-refractivity contribution in [1.82, 2.24) is 10.2 Å². The number of hydrogen-bond acceptors (Lipinski definition) is 8. The Hall–Kier alpha value is -3.09. The third-order valence-corrected chi connectivity index (χ3v) is 5.98. The fourth-order valence-corrected chi connectivity index (χ4v) is 4.41. The first-order valence-electron chi connectivity index (χ1n) is 10.4. The van der Waals surface area contributed by atoms with E-state index in [0.29, 0.717) is 5.56 Å². The van der Waals surface area contributed by atoms with Crippen LogP contribution in [0.4, 0.5) is 5.69 Å². The van der Waals surface area contributed by atoms with Crippen LogP contribution in [0.3, 0.4) is 0 Å². The Kier molecular flexibility index (Phi) is 9.89. The number of benzene rings is 1. The van der Waals surface area contributed by atoms with Gasteiger partial charge in [0.2, 0.25) is 11.4 Å². The van der Waals surface area contributed by atoms with Crippen LogP contribution < -0.4 is 5.32 Å². The number of carbonyl (C=O) groups is 3. The summed E-state index contributed by atoms with van der Waals surface area (Å²) >= 11 is 0. The van der Waals surface area contributed by atoms with E-state index < -0.39 is 33.7 Å². The van der Waals surface area contributed by atoms with Crippen molar-refractivity contribution in [1.29, 1.82) is 0 Å². The van der Waals surface area contributed by atoms with Crippen LogP contribution in [0.2, 0.25) is 0 Å². The standard InChI is InChI=1S/C21H31N3O9/c1-4-20(5-2,21(18(28)29,19(30)31)22-14(3)27)17-12-16(24(32)33)7-6-15(17)13-23(8-10-25)9-11-26/h6-7,12,25-26H,4-5,8-11,13H2,1-3H3,(H,22,27)(H,28,29)(H,30,31). The van der Waals surface area contributed by atoms with Crippen LogP contribution in [0.25, 0.3) is 0 Å². The van der Waals surface area contributed by atoms with Crippen LogP contribution >= 0.6 is 0 Å². The zero-order valence-corrected chi connectivity index (χ0v) is 18.9. The first-order chi connectivity index (χ1) is 15.5. The molecule has 33 heavy (non-hydrogen) atoms. The van der Waals surface area contributed by atoms with Gasteiger partial charge in [-0.1, -0.05) is 19.9 Å². The Balaban J connectivity index is 4.03. The smallest absolute Gasteiger partial charge is 0.342 e. The van der Waals surface area contributed by atoms with E-state index in [-0.39, 0.29) is 56.9 Å². The second kappa shape index (κ2) is 11.7. The fourth-order valence-electron chi connectivity index (χ4n) is 4.41. The molecular formula is C21H31N3O9. The van der Waals surface area contributed by atoms with Crippen molar-refractivity contribution in [2.45, 2.75) is 51.1 Å². The number of nitro benzene ring substituents is 1. The molecule has 0 aromatic heterocycles. The van der Waals surface area contributed by atoms with Crippen molar-refractivity contribution in [2.75, 3.05) is 26.3 Å². The molecule has 0 saturated carbocycles. The predicted molar refractivity (Wildman–Crippen MR) is 117 cm³/mol. The summed E-state index contributed by atoms with van der Waals surface area (Å²) in [5.74, 6) is -4.51. The number of aliphatic hydroxyl groups is 2. The number of carbonyl (C=O) groups excluding carboxylic acids is 1.